The van der Waals surface area contributed by atoms with Gasteiger partial charge in [-0.05, 0) is 65.7 Å². The molecule has 0 bridgehead atoms. The van der Waals surface area contributed by atoms with E-state index in [4.69, 9.17) is 0 Å². The van der Waals surface area contributed by atoms with Gasteiger partial charge in [0.15, 0.2) is 0 Å². The van der Waals surface area contributed by atoms with Gasteiger partial charge in [-0.15, -0.1) is 11.8 Å². The average Bonchev–Trinajstić information content (AvgIpc) is 3.17. The van der Waals surface area contributed by atoms with Crippen LogP contribution in [-0.4, -0.2) is 79.0 Å². The molecular weight excluding hydrogens is 717 g/mol. The summed E-state index contributed by atoms with van der Waals surface area (Å²) in [6.07, 6.45) is 3.00. The van der Waals surface area contributed by atoms with Gasteiger partial charge in [0, 0.05) is 85.2 Å². The summed E-state index contributed by atoms with van der Waals surface area (Å²) in [6, 6.07) is 29.9. The highest BCUT2D eigenvalue weighted by atomic mass is 32.2. The molecule has 53 heavy (non-hydrogen) atoms. The van der Waals surface area contributed by atoms with Crippen LogP contribution in [0.2, 0.25) is 0 Å². The molecule has 1 aromatic heterocycles. The lowest BCUT2D eigenvalue weighted by Crippen LogP contribution is -2.46. The first-order valence-corrected chi connectivity index (χ1v) is 18.7. The molecule has 2 heterocycles. The molecule has 15 heteroatoms. The number of carbonyl (C=O) groups excluding carboxylic acids is 1. The fourth-order valence-electron chi connectivity index (χ4n) is 6.08. The van der Waals surface area contributed by atoms with Crippen molar-refractivity contribution in [3.8, 4) is 11.1 Å². The minimum atomic E-state index is -2.80. The number of nitrogens with one attached hydrogen (secondary N) is 1. The number of pyridine rings is 1. The van der Waals surface area contributed by atoms with Crippen molar-refractivity contribution in [3.63, 3.8) is 0 Å². The number of nitrogens with zero attached hydrogens (tertiary/aromatic N) is 5. The fraction of sp³-hybridized carbons (Fsp3) is 0.184. The highest BCUT2D eigenvalue weighted by Crippen LogP contribution is 2.32. The number of nitro groups is 1. The summed E-state index contributed by atoms with van der Waals surface area (Å²) < 4.78 is 23.2. The van der Waals surface area contributed by atoms with Crippen LogP contribution in [0.5, 0.6) is 0 Å². The van der Waals surface area contributed by atoms with Gasteiger partial charge in [0.05, 0.1) is 16.2 Å². The molecule has 1 amide bonds. The highest BCUT2D eigenvalue weighted by Gasteiger charge is 2.27. The second-order valence-electron chi connectivity index (χ2n) is 12.1. The van der Waals surface area contributed by atoms with E-state index in [-0.39, 0.29) is 28.2 Å². The number of carboxylic acids is 1. The zero-order valence-electron chi connectivity index (χ0n) is 28.4. The number of thioether (sulfide) groups is 1. The number of piperazine rings is 1. The molecule has 0 spiro atoms. The van der Waals surface area contributed by atoms with Crippen molar-refractivity contribution in [3.05, 3.63) is 142 Å². The molecule has 4 aromatic carbocycles. The number of carboxylic acid groups (broad SMARTS) is 1. The van der Waals surface area contributed by atoms with Crippen molar-refractivity contribution in [1.82, 2.24) is 9.88 Å². The third-order valence-electron chi connectivity index (χ3n) is 8.74. The molecular formula is C38H36N6O7S2. The van der Waals surface area contributed by atoms with E-state index >= 15 is 0 Å². The molecule has 0 saturated carbocycles. The molecule has 1 atom stereocenters. The Labute approximate surface area is 312 Å². The van der Waals surface area contributed by atoms with Crippen molar-refractivity contribution < 1.29 is 28.4 Å². The maximum atomic E-state index is 13.5. The second kappa shape index (κ2) is 17.3. The first kappa shape index (κ1) is 37.2. The largest absolute Gasteiger partial charge is 0.478 e. The lowest BCUT2D eigenvalue weighted by atomic mass is 9.99. The number of carbonyl (C=O) groups is 2. The summed E-state index contributed by atoms with van der Waals surface area (Å²) in [5.41, 5.74) is 3.73. The van der Waals surface area contributed by atoms with E-state index < -0.39 is 28.1 Å². The van der Waals surface area contributed by atoms with Crippen LogP contribution >= 0.6 is 11.8 Å². The van der Waals surface area contributed by atoms with Gasteiger partial charge in [-0.25, -0.2) is 13.3 Å². The molecule has 1 aliphatic heterocycles. The van der Waals surface area contributed by atoms with Gasteiger partial charge in [0.1, 0.15) is 5.69 Å². The molecule has 0 aliphatic carbocycles. The van der Waals surface area contributed by atoms with E-state index in [2.05, 4.69) is 20.1 Å². The Kier molecular flexibility index (Phi) is 12.1. The topological polar surface area (TPSA) is 169 Å². The summed E-state index contributed by atoms with van der Waals surface area (Å²) >= 11 is -1.20. The Bertz CT molecular complexity index is 2110. The summed E-state index contributed by atoms with van der Waals surface area (Å²) in [4.78, 5) is 46.1. The minimum Gasteiger partial charge on any atom is -0.478 e. The number of hydrogen-bond donors (Lipinski definition) is 3. The number of aromatic nitrogens is 1. The van der Waals surface area contributed by atoms with E-state index in [9.17, 15) is 33.6 Å². The number of nitro benzene ring substituents is 1. The van der Waals surface area contributed by atoms with Crippen molar-refractivity contribution in [2.24, 2.45) is 0 Å². The first-order valence-electron chi connectivity index (χ1n) is 16.7. The monoisotopic (exact) mass is 752 g/mol. The highest BCUT2D eigenvalue weighted by molar-refractivity contribution is 7.99. The van der Waals surface area contributed by atoms with E-state index in [0.717, 1.165) is 46.4 Å². The Balaban J connectivity index is 1.08. The molecule has 6 rings (SSSR count). The maximum Gasteiger partial charge on any atom is 0.337 e. The van der Waals surface area contributed by atoms with Gasteiger partial charge >= 0.3 is 5.97 Å². The minimum absolute atomic E-state index is 0.0839. The van der Waals surface area contributed by atoms with E-state index in [1.165, 1.54) is 18.3 Å². The van der Waals surface area contributed by atoms with E-state index in [1.807, 2.05) is 54.6 Å². The van der Waals surface area contributed by atoms with Gasteiger partial charge in [-0.2, -0.15) is 0 Å². The number of benzene rings is 4. The standard InChI is InChI=1S/C38H36N6O7S2/c45-37(43(53(50)51)32-14-15-35(36(23-32)44(48)49)40-16-21-52-33-7-2-1-3-8-33)27-10-12-31(13-11-27)42-19-17-41(18-20-42)26-28-6-4-5-9-34(28)29-22-30(38(46)47)25-39-24-29/h1-15,22-25,40H,16-21,26H2,(H,46,47)(H,50,51). The Hall–Kier alpha value is -5.61. The predicted octanol–water partition coefficient (Wildman–Crippen LogP) is 6.66. The van der Waals surface area contributed by atoms with Crippen LogP contribution in [0.4, 0.5) is 22.7 Å². The van der Waals surface area contributed by atoms with Crippen LogP contribution in [0.15, 0.2) is 120 Å². The predicted molar refractivity (Wildman–Crippen MR) is 207 cm³/mol. The van der Waals surface area contributed by atoms with Crippen molar-refractivity contribution in [2.75, 3.05) is 53.0 Å². The Morgan fingerprint density at radius 2 is 1.62 bits per heavy atom. The molecule has 272 valence electrons. The first-order chi connectivity index (χ1) is 25.7. The molecule has 1 aliphatic rings. The average molecular weight is 753 g/mol. The lowest BCUT2D eigenvalue weighted by molar-refractivity contribution is -0.383. The molecule has 1 fully saturated rings. The summed E-state index contributed by atoms with van der Waals surface area (Å²) in [5.74, 6) is -1.15. The zero-order chi connectivity index (χ0) is 37.3. The quantitative estimate of drug-likeness (QED) is 0.0363. The summed E-state index contributed by atoms with van der Waals surface area (Å²) in [5, 5.41) is 24.4. The van der Waals surface area contributed by atoms with Crippen molar-refractivity contribution >= 4 is 57.7 Å². The van der Waals surface area contributed by atoms with Gasteiger partial charge in [0.25, 0.3) is 22.9 Å². The van der Waals surface area contributed by atoms with Crippen LogP contribution in [-0.2, 0) is 17.8 Å². The molecule has 13 nitrogen and oxygen atoms in total. The number of rotatable bonds is 14. The van der Waals surface area contributed by atoms with Crippen LogP contribution < -0.4 is 14.5 Å². The third kappa shape index (κ3) is 9.25. The number of aromatic carboxylic acids is 1. The third-order valence-corrected chi connectivity index (χ3v) is 10.4. The van der Waals surface area contributed by atoms with Crippen LogP contribution in [0.1, 0.15) is 26.3 Å². The summed E-state index contributed by atoms with van der Waals surface area (Å²) in [7, 11) is 0. The number of amides is 1. The molecule has 1 saturated heterocycles. The second-order valence-corrected chi connectivity index (χ2v) is 14.1. The Morgan fingerprint density at radius 1 is 0.906 bits per heavy atom. The van der Waals surface area contributed by atoms with Gasteiger partial charge < -0.3 is 15.3 Å². The zero-order valence-corrected chi connectivity index (χ0v) is 30.0. The van der Waals surface area contributed by atoms with Crippen LogP contribution in [0.3, 0.4) is 0 Å². The van der Waals surface area contributed by atoms with E-state index in [0.29, 0.717) is 36.2 Å². The Morgan fingerprint density at radius 3 is 2.32 bits per heavy atom. The smallest absolute Gasteiger partial charge is 0.337 e. The molecule has 5 aromatic rings. The van der Waals surface area contributed by atoms with Crippen molar-refractivity contribution in [1.29, 1.82) is 0 Å². The van der Waals surface area contributed by atoms with E-state index in [1.54, 1.807) is 48.3 Å². The van der Waals surface area contributed by atoms with Gasteiger partial charge in [0.2, 0.25) is 0 Å². The fourth-order valence-corrected chi connectivity index (χ4v) is 7.41. The molecule has 3 N–H and O–H groups in total. The van der Waals surface area contributed by atoms with Crippen molar-refractivity contribution in [2.45, 2.75) is 11.4 Å². The normalized spacial score (nSPS) is 13.6. The number of hydrogen-bond acceptors (Lipinski definition) is 10. The maximum absolute atomic E-state index is 13.5. The van der Waals surface area contributed by atoms with Crippen LogP contribution in [0.25, 0.3) is 11.1 Å². The van der Waals surface area contributed by atoms with Gasteiger partial charge in [-0.1, -0.05) is 42.5 Å². The number of anilines is 3. The van der Waals surface area contributed by atoms with Crippen LogP contribution in [0, 0.1) is 10.1 Å². The SMILES string of the molecule is O=C(O)c1cncc(-c2ccccc2CN2CCN(c3ccc(C(=O)N(c4ccc(NCCSc5ccccc5)c([N+](=O)[O-])c4)S(=O)O)cc3)CC2)c1. The molecule has 1 unspecified atom stereocenters. The lowest BCUT2D eigenvalue weighted by Gasteiger charge is -2.36. The summed E-state index contributed by atoms with van der Waals surface area (Å²) in [6.45, 7) is 4.06. The molecule has 0 radical (unpaired) electrons. The van der Waals surface area contributed by atoms with Gasteiger partial charge in [-0.3, -0.25) is 29.3 Å².